The highest BCUT2D eigenvalue weighted by Crippen LogP contribution is 2.24. The van der Waals surface area contributed by atoms with Crippen molar-refractivity contribution in [3.8, 4) is 0 Å². The summed E-state index contributed by atoms with van der Waals surface area (Å²) < 4.78 is 28.9. The third-order valence-corrected chi connectivity index (χ3v) is 7.25. The number of hydrogen-bond acceptors (Lipinski definition) is 4. The Morgan fingerprint density at radius 2 is 1.93 bits per heavy atom. The SMILES string of the molecule is CCn1c(CCC(=O)Nc2cc(Br)ccc2C)nc2cc(S(=O)(=O)N(C)C)ccc21. The molecule has 1 amide bonds. The Morgan fingerprint density at radius 1 is 1.20 bits per heavy atom. The molecule has 0 aliphatic heterocycles. The molecule has 0 saturated heterocycles. The van der Waals surface area contributed by atoms with E-state index in [1.54, 1.807) is 18.2 Å². The molecule has 3 rings (SSSR count). The van der Waals surface area contributed by atoms with Crippen LogP contribution in [0.4, 0.5) is 5.69 Å². The van der Waals surface area contributed by atoms with Gasteiger partial charge in [-0.3, -0.25) is 4.79 Å². The van der Waals surface area contributed by atoms with Gasteiger partial charge < -0.3 is 9.88 Å². The van der Waals surface area contributed by atoms with Crippen molar-refractivity contribution in [3.63, 3.8) is 0 Å². The number of nitrogens with one attached hydrogen (secondary N) is 1. The van der Waals surface area contributed by atoms with Crippen LogP contribution < -0.4 is 5.32 Å². The molecule has 0 bridgehead atoms. The molecule has 1 heterocycles. The Balaban J connectivity index is 1.82. The van der Waals surface area contributed by atoms with Crippen LogP contribution in [0, 0.1) is 6.92 Å². The predicted molar refractivity (Wildman–Crippen MR) is 122 cm³/mol. The largest absolute Gasteiger partial charge is 0.328 e. The van der Waals surface area contributed by atoms with Crippen LogP contribution in [0.3, 0.4) is 0 Å². The molecule has 2 aromatic carbocycles. The van der Waals surface area contributed by atoms with Crippen LogP contribution in [0.25, 0.3) is 11.0 Å². The lowest BCUT2D eigenvalue weighted by atomic mass is 10.2. The summed E-state index contributed by atoms with van der Waals surface area (Å²) in [6.07, 6.45) is 0.731. The smallest absolute Gasteiger partial charge is 0.242 e. The van der Waals surface area contributed by atoms with Gasteiger partial charge in [0.15, 0.2) is 0 Å². The highest BCUT2D eigenvalue weighted by molar-refractivity contribution is 9.10. The molecule has 1 N–H and O–H groups in total. The quantitative estimate of drug-likeness (QED) is 0.540. The van der Waals surface area contributed by atoms with Gasteiger partial charge in [0.1, 0.15) is 5.82 Å². The number of benzene rings is 2. The summed E-state index contributed by atoms with van der Waals surface area (Å²) in [7, 11) is -0.528. The molecule has 0 aliphatic carbocycles. The van der Waals surface area contributed by atoms with E-state index in [2.05, 4.69) is 26.2 Å². The molecule has 0 spiro atoms. The molecule has 0 unspecified atom stereocenters. The van der Waals surface area contributed by atoms with Crippen LogP contribution in [0.2, 0.25) is 0 Å². The number of halogens is 1. The fourth-order valence-corrected chi connectivity index (χ4v) is 4.52. The molecular formula is C21H25BrN4O3S. The van der Waals surface area contributed by atoms with Gasteiger partial charge in [-0.2, -0.15) is 0 Å². The average molecular weight is 493 g/mol. The Bertz CT molecular complexity index is 1200. The Kier molecular flexibility index (Phi) is 6.64. The second-order valence-electron chi connectivity index (χ2n) is 7.22. The first-order chi connectivity index (χ1) is 14.1. The van der Waals surface area contributed by atoms with Gasteiger partial charge >= 0.3 is 0 Å². The van der Waals surface area contributed by atoms with E-state index in [0.29, 0.717) is 18.5 Å². The van der Waals surface area contributed by atoms with Gasteiger partial charge in [0.2, 0.25) is 15.9 Å². The summed E-state index contributed by atoms with van der Waals surface area (Å²) in [6, 6.07) is 10.7. The van der Waals surface area contributed by atoms with Crippen LogP contribution in [-0.2, 0) is 27.8 Å². The Hall–Kier alpha value is -2.23. The van der Waals surface area contributed by atoms with E-state index in [0.717, 1.165) is 27.1 Å². The molecule has 30 heavy (non-hydrogen) atoms. The topological polar surface area (TPSA) is 84.3 Å². The van der Waals surface area contributed by atoms with Crippen molar-refractivity contribution >= 4 is 48.6 Å². The lowest BCUT2D eigenvalue weighted by Gasteiger charge is -2.11. The maximum absolute atomic E-state index is 12.5. The van der Waals surface area contributed by atoms with E-state index in [9.17, 15) is 13.2 Å². The highest BCUT2D eigenvalue weighted by atomic mass is 79.9. The van der Waals surface area contributed by atoms with Crippen molar-refractivity contribution in [3.05, 3.63) is 52.3 Å². The fourth-order valence-electron chi connectivity index (χ4n) is 3.24. The van der Waals surface area contributed by atoms with Crippen molar-refractivity contribution in [2.24, 2.45) is 0 Å². The maximum Gasteiger partial charge on any atom is 0.242 e. The van der Waals surface area contributed by atoms with E-state index in [1.165, 1.54) is 18.4 Å². The number of sulfonamides is 1. The zero-order valence-electron chi connectivity index (χ0n) is 17.4. The van der Waals surface area contributed by atoms with Gasteiger partial charge in [-0.15, -0.1) is 0 Å². The lowest BCUT2D eigenvalue weighted by molar-refractivity contribution is -0.116. The van der Waals surface area contributed by atoms with E-state index in [-0.39, 0.29) is 17.2 Å². The van der Waals surface area contributed by atoms with Crippen molar-refractivity contribution < 1.29 is 13.2 Å². The number of amides is 1. The van der Waals surface area contributed by atoms with Crippen LogP contribution in [-0.4, -0.2) is 42.3 Å². The molecule has 0 aliphatic rings. The number of carbonyl (C=O) groups is 1. The number of imidazole rings is 1. The highest BCUT2D eigenvalue weighted by Gasteiger charge is 2.19. The molecule has 7 nitrogen and oxygen atoms in total. The van der Waals surface area contributed by atoms with Crippen molar-refractivity contribution in [1.82, 2.24) is 13.9 Å². The number of aromatic nitrogens is 2. The minimum absolute atomic E-state index is 0.0956. The van der Waals surface area contributed by atoms with Crippen molar-refractivity contribution in [2.75, 3.05) is 19.4 Å². The third kappa shape index (κ3) is 4.58. The molecule has 0 atom stereocenters. The maximum atomic E-state index is 12.5. The van der Waals surface area contributed by atoms with E-state index >= 15 is 0 Å². The zero-order chi connectivity index (χ0) is 22.1. The number of aryl methyl sites for hydroxylation is 3. The predicted octanol–water partition coefficient (Wildman–Crippen LogP) is 3.95. The number of carbonyl (C=O) groups excluding carboxylic acids is 1. The molecule has 0 saturated carbocycles. The van der Waals surface area contributed by atoms with E-state index in [4.69, 9.17) is 0 Å². The monoisotopic (exact) mass is 492 g/mol. The summed E-state index contributed by atoms with van der Waals surface area (Å²) in [4.78, 5) is 17.3. The van der Waals surface area contributed by atoms with Gasteiger partial charge in [-0.1, -0.05) is 22.0 Å². The minimum Gasteiger partial charge on any atom is -0.328 e. The summed E-state index contributed by atoms with van der Waals surface area (Å²) in [6.45, 7) is 4.62. The van der Waals surface area contributed by atoms with Gasteiger partial charge in [0.05, 0.1) is 15.9 Å². The lowest BCUT2D eigenvalue weighted by Crippen LogP contribution is -2.22. The first-order valence-corrected chi connectivity index (χ1v) is 11.8. The minimum atomic E-state index is -3.53. The molecule has 160 valence electrons. The first kappa shape index (κ1) is 22.5. The second kappa shape index (κ2) is 8.87. The standard InChI is InChI=1S/C21H25BrN4O3S/c1-5-26-19-9-8-16(30(28,29)25(3)4)13-18(19)23-20(26)10-11-21(27)24-17-12-15(22)7-6-14(17)2/h6-9,12-13H,5,10-11H2,1-4H3,(H,24,27). The summed E-state index contributed by atoms with van der Waals surface area (Å²) in [5.74, 6) is 0.662. The first-order valence-electron chi connectivity index (χ1n) is 9.61. The Labute approximate surface area is 185 Å². The normalized spacial score (nSPS) is 11.9. The van der Waals surface area contributed by atoms with E-state index in [1.807, 2.05) is 36.6 Å². The summed E-state index contributed by atoms with van der Waals surface area (Å²) in [5, 5.41) is 2.94. The molecule has 0 fully saturated rings. The van der Waals surface area contributed by atoms with Crippen LogP contribution in [0.1, 0.15) is 24.7 Å². The van der Waals surface area contributed by atoms with E-state index < -0.39 is 10.0 Å². The molecule has 3 aromatic rings. The van der Waals surface area contributed by atoms with Gasteiger partial charge in [0, 0.05) is 43.6 Å². The summed E-state index contributed by atoms with van der Waals surface area (Å²) in [5.41, 5.74) is 3.23. The molecule has 1 aromatic heterocycles. The van der Waals surface area contributed by atoms with Crippen LogP contribution in [0.15, 0.2) is 45.8 Å². The number of anilines is 1. The Morgan fingerprint density at radius 3 is 2.60 bits per heavy atom. The van der Waals surface area contributed by atoms with Crippen LogP contribution in [0.5, 0.6) is 0 Å². The van der Waals surface area contributed by atoms with Crippen molar-refractivity contribution in [1.29, 1.82) is 0 Å². The number of hydrogen-bond donors (Lipinski definition) is 1. The number of fused-ring (bicyclic) bond motifs is 1. The zero-order valence-corrected chi connectivity index (χ0v) is 19.8. The second-order valence-corrected chi connectivity index (χ2v) is 10.3. The third-order valence-electron chi connectivity index (χ3n) is 4.94. The van der Waals surface area contributed by atoms with Gasteiger partial charge in [-0.05, 0) is 49.7 Å². The number of rotatable bonds is 7. The van der Waals surface area contributed by atoms with Gasteiger partial charge in [0.25, 0.3) is 0 Å². The molecular weight excluding hydrogens is 468 g/mol. The fraction of sp³-hybridized carbons (Fsp3) is 0.333. The van der Waals surface area contributed by atoms with Gasteiger partial charge in [-0.25, -0.2) is 17.7 Å². The molecule has 0 radical (unpaired) electrons. The number of nitrogens with zero attached hydrogens (tertiary/aromatic N) is 3. The molecule has 9 heteroatoms. The summed E-state index contributed by atoms with van der Waals surface area (Å²) >= 11 is 3.42. The average Bonchev–Trinajstić information content (AvgIpc) is 3.05. The van der Waals surface area contributed by atoms with Crippen molar-refractivity contribution in [2.45, 2.75) is 38.1 Å². The van der Waals surface area contributed by atoms with Crippen LogP contribution >= 0.6 is 15.9 Å².